The first-order valence-corrected chi connectivity index (χ1v) is 10.5. The minimum absolute atomic E-state index is 0.177. The summed E-state index contributed by atoms with van der Waals surface area (Å²) in [4.78, 5) is 36.3. The molecule has 0 aliphatic carbocycles. The average Bonchev–Trinajstić information content (AvgIpc) is 3.01. The lowest BCUT2D eigenvalue weighted by atomic mass is 10.1. The fourth-order valence-electron chi connectivity index (χ4n) is 2.57. The summed E-state index contributed by atoms with van der Waals surface area (Å²) in [7, 11) is 1.30. The third kappa shape index (κ3) is 5.05. The molecule has 0 aliphatic rings. The average molecular weight is 509 g/mol. The quantitative estimate of drug-likeness (QED) is 0.310. The molecule has 154 valence electrons. The molecule has 0 aliphatic heterocycles. The van der Waals surface area contributed by atoms with E-state index in [9.17, 15) is 14.4 Å². The Balaban J connectivity index is 1.75. The van der Waals surface area contributed by atoms with Crippen LogP contribution in [0.1, 0.15) is 31.2 Å². The molecule has 0 atom stereocenters. The summed E-state index contributed by atoms with van der Waals surface area (Å²) < 4.78 is 6.71. The van der Waals surface area contributed by atoms with Gasteiger partial charge in [0.1, 0.15) is 5.15 Å². The molecule has 0 saturated heterocycles. The second-order valence-corrected chi connectivity index (χ2v) is 8.19. The minimum Gasteiger partial charge on any atom is -0.465 e. The molecule has 10 heteroatoms. The van der Waals surface area contributed by atoms with Crippen LogP contribution in [0.2, 0.25) is 5.15 Å². The van der Waals surface area contributed by atoms with Gasteiger partial charge in [-0.3, -0.25) is 14.2 Å². The predicted octanol–water partition coefficient (Wildman–Crippen LogP) is 3.92. The number of ether oxygens (including phenoxy) is 1. The maximum absolute atomic E-state index is 12.4. The van der Waals surface area contributed by atoms with Crippen molar-refractivity contribution in [2.24, 2.45) is 5.10 Å². The molecule has 3 rings (SSSR count). The van der Waals surface area contributed by atoms with Gasteiger partial charge in [0.25, 0.3) is 5.91 Å². The Labute approximate surface area is 189 Å². The van der Waals surface area contributed by atoms with Gasteiger partial charge in [0.15, 0.2) is 0 Å². The third-order valence-electron chi connectivity index (χ3n) is 4.01. The summed E-state index contributed by atoms with van der Waals surface area (Å²) >= 11 is 10.5. The van der Waals surface area contributed by atoms with Crippen molar-refractivity contribution in [1.82, 2.24) is 9.99 Å². The molecule has 30 heavy (non-hydrogen) atoms. The van der Waals surface area contributed by atoms with Gasteiger partial charge in [0.2, 0.25) is 0 Å². The number of hydrazone groups is 1. The molecule has 0 unspecified atom stereocenters. The van der Waals surface area contributed by atoms with E-state index in [0.29, 0.717) is 26.0 Å². The number of carbonyl (C=O) groups excluding carboxylic acids is 2. The highest BCUT2D eigenvalue weighted by atomic mass is 79.9. The Morgan fingerprint density at radius 2 is 2.03 bits per heavy atom. The molecule has 0 saturated carbocycles. The van der Waals surface area contributed by atoms with Crippen molar-refractivity contribution in [1.29, 1.82) is 0 Å². The minimum atomic E-state index is -0.464. The van der Waals surface area contributed by atoms with Crippen molar-refractivity contribution in [3.05, 3.63) is 89.4 Å². The molecule has 1 heterocycles. The zero-order valence-electron chi connectivity index (χ0n) is 15.6. The normalized spacial score (nSPS) is 10.9. The highest BCUT2D eigenvalue weighted by Gasteiger charge is 2.14. The van der Waals surface area contributed by atoms with Crippen molar-refractivity contribution in [2.45, 2.75) is 6.54 Å². The van der Waals surface area contributed by atoms with Gasteiger partial charge in [-0.25, -0.2) is 10.2 Å². The number of aromatic nitrogens is 1. The fraction of sp³-hybridized carbons (Fsp3) is 0.100. The summed E-state index contributed by atoms with van der Waals surface area (Å²) in [5, 5.41) is 4.08. The van der Waals surface area contributed by atoms with Crippen molar-refractivity contribution in [3.8, 4) is 0 Å². The lowest BCUT2D eigenvalue weighted by molar-refractivity contribution is 0.0600. The molecule has 0 bridgehead atoms. The Bertz CT molecular complexity index is 1190. The number of rotatable bonds is 6. The molecule has 3 aromatic rings. The Morgan fingerprint density at radius 3 is 2.77 bits per heavy atom. The fourth-order valence-corrected chi connectivity index (χ4v) is 4.14. The van der Waals surface area contributed by atoms with Crippen LogP contribution in [0.15, 0.2) is 62.9 Å². The maximum Gasteiger partial charge on any atom is 0.337 e. The highest BCUT2D eigenvalue weighted by Crippen LogP contribution is 2.19. The molecule has 7 nitrogen and oxygen atoms in total. The first-order chi connectivity index (χ1) is 14.4. The number of halogens is 2. The van der Waals surface area contributed by atoms with E-state index in [4.69, 9.17) is 16.3 Å². The zero-order chi connectivity index (χ0) is 21.7. The number of benzene rings is 2. The summed E-state index contributed by atoms with van der Waals surface area (Å²) in [5.41, 5.74) is 3.93. The number of carbonyl (C=O) groups is 2. The first-order valence-electron chi connectivity index (χ1n) is 8.55. The lowest BCUT2D eigenvalue weighted by Gasteiger charge is -2.06. The van der Waals surface area contributed by atoms with Crippen LogP contribution in [-0.2, 0) is 11.3 Å². The van der Waals surface area contributed by atoms with Crippen LogP contribution in [0.5, 0.6) is 0 Å². The standard InChI is InChI=1S/C20H15BrClN3O4S/c1-29-19(27)13-6-4-5-12(9-13)11-25-17(22)16(30-20(25)28)10-23-24-18(26)14-7-2-3-8-15(14)21/h2-10H,11H2,1H3,(H,24,26)/b23-10+. The van der Waals surface area contributed by atoms with Crippen LogP contribution in [0.4, 0.5) is 0 Å². The van der Waals surface area contributed by atoms with E-state index in [0.717, 1.165) is 11.3 Å². The van der Waals surface area contributed by atoms with E-state index in [1.807, 2.05) is 0 Å². The maximum atomic E-state index is 12.4. The van der Waals surface area contributed by atoms with Crippen LogP contribution < -0.4 is 10.3 Å². The second kappa shape index (κ2) is 9.84. The van der Waals surface area contributed by atoms with Crippen LogP contribution in [0.3, 0.4) is 0 Å². The number of thiazole rings is 1. The van der Waals surface area contributed by atoms with Crippen LogP contribution in [0.25, 0.3) is 0 Å². The van der Waals surface area contributed by atoms with E-state index in [1.165, 1.54) is 17.9 Å². The largest absolute Gasteiger partial charge is 0.465 e. The number of esters is 1. The summed E-state index contributed by atoms with van der Waals surface area (Å²) in [6, 6.07) is 13.7. The Kier molecular flexibility index (Phi) is 7.20. The van der Waals surface area contributed by atoms with Gasteiger partial charge in [-0.2, -0.15) is 5.10 Å². The molecule has 0 radical (unpaired) electrons. The molecule has 2 aromatic carbocycles. The monoisotopic (exact) mass is 507 g/mol. The molecule has 0 spiro atoms. The summed E-state index contributed by atoms with van der Waals surface area (Å²) in [6.07, 6.45) is 1.32. The summed E-state index contributed by atoms with van der Waals surface area (Å²) in [5.74, 6) is -0.865. The smallest absolute Gasteiger partial charge is 0.337 e. The second-order valence-electron chi connectivity index (χ2n) is 5.98. The van der Waals surface area contributed by atoms with Crippen LogP contribution >= 0.6 is 38.9 Å². The van der Waals surface area contributed by atoms with E-state index < -0.39 is 11.9 Å². The van der Waals surface area contributed by atoms with Crippen molar-refractivity contribution >= 4 is 57.0 Å². The Morgan fingerprint density at radius 1 is 1.27 bits per heavy atom. The highest BCUT2D eigenvalue weighted by molar-refractivity contribution is 9.10. The number of nitrogens with zero attached hydrogens (tertiary/aromatic N) is 2. The van der Waals surface area contributed by atoms with Crippen molar-refractivity contribution in [3.63, 3.8) is 0 Å². The van der Waals surface area contributed by atoms with Crippen LogP contribution in [-0.4, -0.2) is 29.8 Å². The van der Waals surface area contributed by atoms with Crippen LogP contribution in [0, 0.1) is 0 Å². The molecular weight excluding hydrogens is 494 g/mol. The number of hydrogen-bond acceptors (Lipinski definition) is 6. The van der Waals surface area contributed by atoms with E-state index in [1.54, 1.807) is 48.5 Å². The van der Waals surface area contributed by atoms with E-state index in [2.05, 4.69) is 26.5 Å². The number of methoxy groups -OCH3 is 1. The number of hydrogen-bond donors (Lipinski definition) is 1. The number of amides is 1. The number of nitrogens with one attached hydrogen (secondary N) is 1. The topological polar surface area (TPSA) is 89.8 Å². The van der Waals surface area contributed by atoms with E-state index in [-0.39, 0.29) is 16.6 Å². The lowest BCUT2D eigenvalue weighted by Crippen LogP contribution is -2.18. The van der Waals surface area contributed by atoms with Gasteiger partial charge in [-0.1, -0.05) is 47.2 Å². The molecule has 1 amide bonds. The molecular formula is C20H15BrClN3O4S. The summed E-state index contributed by atoms with van der Waals surface area (Å²) in [6.45, 7) is 0.177. The molecule has 1 N–H and O–H groups in total. The van der Waals surface area contributed by atoms with Gasteiger partial charge >= 0.3 is 10.8 Å². The van der Waals surface area contributed by atoms with Gasteiger partial charge < -0.3 is 4.74 Å². The van der Waals surface area contributed by atoms with Gasteiger partial charge in [0, 0.05) is 4.47 Å². The van der Waals surface area contributed by atoms with Gasteiger partial charge in [0.05, 0.1) is 35.9 Å². The first kappa shape index (κ1) is 21.9. The van der Waals surface area contributed by atoms with Crippen molar-refractivity contribution < 1.29 is 14.3 Å². The van der Waals surface area contributed by atoms with Gasteiger partial charge in [-0.05, 0) is 45.8 Å². The predicted molar refractivity (Wildman–Crippen MR) is 120 cm³/mol. The van der Waals surface area contributed by atoms with Gasteiger partial charge in [-0.15, -0.1) is 0 Å². The third-order valence-corrected chi connectivity index (χ3v) is 6.14. The van der Waals surface area contributed by atoms with Crippen molar-refractivity contribution in [2.75, 3.05) is 7.11 Å². The molecule has 1 aromatic heterocycles. The Hall–Kier alpha value is -2.75. The molecule has 0 fully saturated rings. The zero-order valence-corrected chi connectivity index (χ0v) is 18.8. The SMILES string of the molecule is COC(=O)c1cccc(Cn2c(Cl)c(/C=N/NC(=O)c3ccccc3Br)sc2=O)c1. The van der Waals surface area contributed by atoms with E-state index >= 15 is 0 Å².